The lowest BCUT2D eigenvalue weighted by Crippen LogP contribution is -2.15. The number of carboxylic acid groups (broad SMARTS) is 1. The average Bonchev–Trinajstić information content (AvgIpc) is 2.28. The number of nitrogens with one attached hydrogen (secondary N) is 1. The highest BCUT2D eigenvalue weighted by atomic mass is 19.4. The number of carboxylic acids is 1. The predicted molar refractivity (Wildman–Crippen MR) is 58.3 cm³/mol. The van der Waals surface area contributed by atoms with Crippen molar-refractivity contribution in [3.8, 4) is 0 Å². The fourth-order valence-electron chi connectivity index (χ4n) is 1.25. The molecular formula is C11H11F4NO3. The third kappa shape index (κ3) is 5.12. The minimum Gasteiger partial charge on any atom is -0.480 e. The van der Waals surface area contributed by atoms with Crippen molar-refractivity contribution in [2.45, 2.75) is 6.18 Å². The highest BCUT2D eigenvalue weighted by Crippen LogP contribution is 2.31. The molecule has 0 heterocycles. The highest BCUT2D eigenvalue weighted by Gasteiger charge is 2.31. The molecule has 1 rings (SSSR count). The van der Waals surface area contributed by atoms with Crippen molar-refractivity contribution >= 4 is 11.7 Å². The molecule has 0 aliphatic rings. The number of alkyl halides is 3. The van der Waals surface area contributed by atoms with Crippen LogP contribution in [0.3, 0.4) is 0 Å². The van der Waals surface area contributed by atoms with Gasteiger partial charge in [0.1, 0.15) is 12.4 Å². The van der Waals surface area contributed by atoms with E-state index >= 15 is 0 Å². The van der Waals surface area contributed by atoms with Gasteiger partial charge in [-0.3, -0.25) is 0 Å². The number of carbonyl (C=O) groups is 1. The summed E-state index contributed by atoms with van der Waals surface area (Å²) < 4.78 is 54.8. The minimum absolute atomic E-state index is 0.00718. The van der Waals surface area contributed by atoms with E-state index in [0.29, 0.717) is 6.07 Å². The molecule has 0 atom stereocenters. The van der Waals surface area contributed by atoms with E-state index in [4.69, 9.17) is 5.11 Å². The summed E-state index contributed by atoms with van der Waals surface area (Å²) in [6.07, 6.45) is -4.59. The molecule has 106 valence electrons. The fraction of sp³-hybridized carbons (Fsp3) is 0.364. The standard InChI is InChI=1S/C11H11F4NO3/c12-8-5-7(11(13,14)15)1-2-9(8)16-3-4-19-6-10(17)18/h1-2,5,16H,3-4,6H2,(H,17,18). The van der Waals surface area contributed by atoms with Gasteiger partial charge < -0.3 is 15.2 Å². The summed E-state index contributed by atoms with van der Waals surface area (Å²) in [7, 11) is 0. The van der Waals surface area contributed by atoms with Gasteiger partial charge in [0.05, 0.1) is 17.9 Å². The minimum atomic E-state index is -4.59. The first kappa shape index (κ1) is 15.2. The molecule has 0 aliphatic heterocycles. The normalized spacial score (nSPS) is 11.4. The Bertz CT molecular complexity index is 448. The van der Waals surface area contributed by atoms with Crippen LogP contribution in [0, 0.1) is 5.82 Å². The average molecular weight is 281 g/mol. The van der Waals surface area contributed by atoms with Gasteiger partial charge in [0.15, 0.2) is 0 Å². The lowest BCUT2D eigenvalue weighted by Gasteiger charge is -2.10. The van der Waals surface area contributed by atoms with Gasteiger partial charge in [-0.2, -0.15) is 13.2 Å². The maximum Gasteiger partial charge on any atom is 0.416 e. The molecule has 0 radical (unpaired) electrons. The van der Waals surface area contributed by atoms with E-state index < -0.39 is 30.1 Å². The van der Waals surface area contributed by atoms with Gasteiger partial charge in [0.2, 0.25) is 0 Å². The van der Waals surface area contributed by atoms with Gasteiger partial charge in [-0.25, -0.2) is 9.18 Å². The Morgan fingerprint density at radius 1 is 1.37 bits per heavy atom. The lowest BCUT2D eigenvalue weighted by atomic mass is 10.2. The van der Waals surface area contributed by atoms with Gasteiger partial charge in [-0.1, -0.05) is 0 Å². The number of ether oxygens (including phenoxy) is 1. The second-order valence-electron chi connectivity index (χ2n) is 3.57. The Morgan fingerprint density at radius 2 is 2.05 bits per heavy atom. The quantitative estimate of drug-likeness (QED) is 0.621. The Hall–Kier alpha value is -1.83. The van der Waals surface area contributed by atoms with Crippen molar-refractivity contribution in [1.82, 2.24) is 0 Å². The van der Waals surface area contributed by atoms with Crippen molar-refractivity contribution in [3.05, 3.63) is 29.6 Å². The van der Waals surface area contributed by atoms with Crippen LogP contribution in [0.25, 0.3) is 0 Å². The van der Waals surface area contributed by atoms with Crippen LogP contribution in [-0.2, 0) is 15.7 Å². The van der Waals surface area contributed by atoms with E-state index in [0.717, 1.165) is 12.1 Å². The Morgan fingerprint density at radius 3 is 2.58 bits per heavy atom. The molecule has 4 nitrogen and oxygen atoms in total. The smallest absolute Gasteiger partial charge is 0.416 e. The highest BCUT2D eigenvalue weighted by molar-refractivity contribution is 5.67. The van der Waals surface area contributed by atoms with Gasteiger partial charge in [0, 0.05) is 6.54 Å². The van der Waals surface area contributed by atoms with E-state index in [1.165, 1.54) is 0 Å². The number of hydrogen-bond acceptors (Lipinski definition) is 3. The summed E-state index contributed by atoms with van der Waals surface area (Å²) in [4.78, 5) is 10.1. The summed E-state index contributed by atoms with van der Waals surface area (Å²) in [5.41, 5.74) is -1.18. The van der Waals surface area contributed by atoms with E-state index in [-0.39, 0.29) is 18.8 Å². The van der Waals surface area contributed by atoms with Crippen LogP contribution in [0.4, 0.5) is 23.2 Å². The number of rotatable bonds is 6. The summed E-state index contributed by atoms with van der Waals surface area (Å²) in [5.74, 6) is -2.17. The number of aliphatic carboxylic acids is 1. The molecular weight excluding hydrogens is 270 g/mol. The molecule has 0 saturated carbocycles. The predicted octanol–water partition coefficient (Wildman–Crippen LogP) is 2.36. The Labute approximate surface area is 106 Å². The van der Waals surface area contributed by atoms with Crippen molar-refractivity contribution in [1.29, 1.82) is 0 Å². The zero-order valence-corrected chi connectivity index (χ0v) is 9.63. The van der Waals surface area contributed by atoms with Gasteiger partial charge in [-0.15, -0.1) is 0 Å². The van der Waals surface area contributed by atoms with Crippen molar-refractivity contribution in [2.24, 2.45) is 0 Å². The Kier molecular flexibility index (Phi) is 5.11. The van der Waals surface area contributed by atoms with Crippen LogP contribution in [0.2, 0.25) is 0 Å². The first-order valence-electron chi connectivity index (χ1n) is 5.21. The lowest BCUT2D eigenvalue weighted by molar-refractivity contribution is -0.142. The topological polar surface area (TPSA) is 58.6 Å². The summed E-state index contributed by atoms with van der Waals surface area (Å²) in [6, 6.07) is 2.11. The van der Waals surface area contributed by atoms with Crippen molar-refractivity contribution in [3.63, 3.8) is 0 Å². The molecule has 1 aromatic carbocycles. The maximum atomic E-state index is 13.3. The first-order valence-corrected chi connectivity index (χ1v) is 5.21. The molecule has 1 aromatic rings. The summed E-state index contributed by atoms with van der Waals surface area (Å²) in [6.45, 7) is -0.417. The van der Waals surface area contributed by atoms with E-state index in [9.17, 15) is 22.4 Å². The Balaban J connectivity index is 2.49. The molecule has 19 heavy (non-hydrogen) atoms. The number of halogens is 4. The molecule has 0 amide bonds. The first-order chi connectivity index (χ1) is 8.80. The van der Waals surface area contributed by atoms with E-state index in [2.05, 4.69) is 10.1 Å². The van der Waals surface area contributed by atoms with Crippen molar-refractivity contribution < 1.29 is 32.2 Å². The van der Waals surface area contributed by atoms with Crippen LogP contribution >= 0.6 is 0 Å². The van der Waals surface area contributed by atoms with Crippen LogP contribution in [0.15, 0.2) is 18.2 Å². The summed E-state index contributed by atoms with van der Waals surface area (Å²) in [5, 5.41) is 10.8. The SMILES string of the molecule is O=C(O)COCCNc1ccc(C(F)(F)F)cc1F. The molecule has 0 fully saturated rings. The molecule has 0 spiro atoms. The number of benzene rings is 1. The van der Waals surface area contributed by atoms with E-state index in [1.54, 1.807) is 0 Å². The van der Waals surface area contributed by atoms with Gasteiger partial charge in [0.25, 0.3) is 0 Å². The second-order valence-corrected chi connectivity index (χ2v) is 3.57. The summed E-state index contributed by atoms with van der Waals surface area (Å²) >= 11 is 0. The van der Waals surface area contributed by atoms with Gasteiger partial charge in [-0.05, 0) is 18.2 Å². The number of anilines is 1. The van der Waals surface area contributed by atoms with E-state index in [1.807, 2.05) is 0 Å². The van der Waals surface area contributed by atoms with Crippen molar-refractivity contribution in [2.75, 3.05) is 25.1 Å². The monoisotopic (exact) mass is 281 g/mol. The molecule has 2 N–H and O–H groups in total. The van der Waals surface area contributed by atoms with Crippen LogP contribution in [-0.4, -0.2) is 30.8 Å². The maximum absolute atomic E-state index is 13.3. The molecule has 0 bridgehead atoms. The second kappa shape index (κ2) is 6.37. The third-order valence-electron chi connectivity index (χ3n) is 2.08. The molecule has 0 unspecified atom stereocenters. The zero-order chi connectivity index (χ0) is 14.5. The van der Waals surface area contributed by atoms with Crippen LogP contribution < -0.4 is 5.32 Å². The largest absolute Gasteiger partial charge is 0.480 e. The third-order valence-corrected chi connectivity index (χ3v) is 2.08. The number of hydrogen-bond donors (Lipinski definition) is 2. The molecule has 8 heteroatoms. The fourth-order valence-corrected chi connectivity index (χ4v) is 1.25. The molecule has 0 aliphatic carbocycles. The van der Waals surface area contributed by atoms with Crippen LogP contribution in [0.5, 0.6) is 0 Å². The molecule has 0 aromatic heterocycles. The van der Waals surface area contributed by atoms with Crippen LogP contribution in [0.1, 0.15) is 5.56 Å². The zero-order valence-electron chi connectivity index (χ0n) is 9.63. The van der Waals surface area contributed by atoms with Gasteiger partial charge >= 0.3 is 12.1 Å². The molecule has 0 saturated heterocycles.